The Labute approximate surface area is 145 Å². The fourth-order valence-electron chi connectivity index (χ4n) is 2.61. The molecule has 0 aliphatic carbocycles. The van der Waals surface area contributed by atoms with Gasteiger partial charge >= 0.3 is 0 Å². The predicted octanol–water partition coefficient (Wildman–Crippen LogP) is 3.50. The van der Waals surface area contributed by atoms with Crippen molar-refractivity contribution in [2.75, 3.05) is 5.32 Å². The van der Waals surface area contributed by atoms with Gasteiger partial charge in [-0.3, -0.25) is 4.79 Å². The molecule has 7 heteroatoms. The molecule has 6 nitrogen and oxygen atoms in total. The number of nitrogens with one attached hydrogen (secondary N) is 1. The number of benzene rings is 1. The van der Waals surface area contributed by atoms with E-state index in [1.807, 2.05) is 21.5 Å². The van der Waals surface area contributed by atoms with E-state index in [0.29, 0.717) is 12.2 Å². The molecule has 25 heavy (non-hydrogen) atoms. The summed E-state index contributed by atoms with van der Waals surface area (Å²) in [5.41, 5.74) is 0.450. The first-order valence-corrected chi connectivity index (χ1v) is 8.14. The van der Waals surface area contributed by atoms with Gasteiger partial charge in [0.15, 0.2) is 11.6 Å². The molecule has 130 valence electrons. The average molecular weight is 341 g/mol. The van der Waals surface area contributed by atoms with Crippen LogP contribution in [0.4, 0.5) is 10.1 Å². The first-order valence-electron chi connectivity index (χ1n) is 8.14. The molecule has 0 fully saturated rings. The molecule has 0 atom stereocenters. The Morgan fingerprint density at radius 2 is 1.96 bits per heavy atom. The van der Waals surface area contributed by atoms with Gasteiger partial charge in [-0.25, -0.2) is 14.4 Å². The SMILES string of the molecule is CC(C)n1ccnc1-c1nccn1CCC(=O)Nc1cccc(F)c1. The molecular formula is C18H20FN5O. The quantitative estimate of drug-likeness (QED) is 0.746. The predicted molar refractivity (Wildman–Crippen MR) is 93.5 cm³/mol. The number of nitrogens with zero attached hydrogens (tertiary/aromatic N) is 4. The summed E-state index contributed by atoms with van der Waals surface area (Å²) in [5, 5.41) is 2.70. The first-order chi connectivity index (χ1) is 12.0. The summed E-state index contributed by atoms with van der Waals surface area (Å²) in [5.74, 6) is 0.926. The minimum atomic E-state index is -0.379. The van der Waals surface area contributed by atoms with Crippen molar-refractivity contribution in [3.05, 3.63) is 54.9 Å². The van der Waals surface area contributed by atoms with Gasteiger partial charge in [0.2, 0.25) is 5.91 Å². The largest absolute Gasteiger partial charge is 0.328 e. The third-order valence-electron chi connectivity index (χ3n) is 3.83. The molecule has 2 heterocycles. The van der Waals surface area contributed by atoms with E-state index in [9.17, 15) is 9.18 Å². The fourth-order valence-corrected chi connectivity index (χ4v) is 2.61. The van der Waals surface area contributed by atoms with Crippen molar-refractivity contribution in [2.24, 2.45) is 0 Å². The van der Waals surface area contributed by atoms with Crippen LogP contribution in [0.15, 0.2) is 49.1 Å². The number of carbonyl (C=O) groups is 1. The minimum absolute atomic E-state index is 0.183. The maximum Gasteiger partial charge on any atom is 0.226 e. The van der Waals surface area contributed by atoms with E-state index in [1.54, 1.807) is 24.5 Å². The van der Waals surface area contributed by atoms with Crippen LogP contribution in [-0.4, -0.2) is 25.0 Å². The van der Waals surface area contributed by atoms with Crippen molar-refractivity contribution in [1.29, 1.82) is 0 Å². The van der Waals surface area contributed by atoms with Gasteiger partial charge in [0.1, 0.15) is 5.82 Å². The second-order valence-corrected chi connectivity index (χ2v) is 6.00. The zero-order chi connectivity index (χ0) is 17.8. The monoisotopic (exact) mass is 341 g/mol. The molecule has 3 aromatic rings. The van der Waals surface area contributed by atoms with Crippen molar-refractivity contribution in [1.82, 2.24) is 19.1 Å². The van der Waals surface area contributed by atoms with Gasteiger partial charge in [0.25, 0.3) is 0 Å². The Bertz CT molecular complexity index is 868. The maximum absolute atomic E-state index is 13.2. The molecule has 0 aliphatic rings. The second kappa shape index (κ2) is 7.29. The van der Waals surface area contributed by atoms with Crippen molar-refractivity contribution in [2.45, 2.75) is 32.9 Å². The Morgan fingerprint density at radius 1 is 1.20 bits per heavy atom. The van der Waals surface area contributed by atoms with Crippen LogP contribution in [0.2, 0.25) is 0 Å². The normalized spacial score (nSPS) is 11.0. The zero-order valence-corrected chi connectivity index (χ0v) is 14.2. The van der Waals surface area contributed by atoms with Crippen LogP contribution in [0, 0.1) is 5.82 Å². The van der Waals surface area contributed by atoms with Crippen LogP contribution in [0.25, 0.3) is 11.6 Å². The summed E-state index contributed by atoms with van der Waals surface area (Å²) >= 11 is 0. The number of hydrogen-bond donors (Lipinski definition) is 1. The standard InChI is InChI=1S/C18H20FN5O/c1-13(2)24-11-8-21-18(24)17-20-7-10-23(17)9-6-16(25)22-15-5-3-4-14(19)12-15/h3-5,7-8,10-13H,6,9H2,1-2H3,(H,22,25). The van der Waals surface area contributed by atoms with E-state index in [4.69, 9.17) is 0 Å². The van der Waals surface area contributed by atoms with Gasteiger partial charge in [-0.05, 0) is 32.0 Å². The van der Waals surface area contributed by atoms with Gasteiger partial charge in [-0.1, -0.05) is 6.07 Å². The molecule has 0 spiro atoms. The number of imidazole rings is 2. The van der Waals surface area contributed by atoms with Crippen molar-refractivity contribution in [3.8, 4) is 11.6 Å². The molecule has 0 saturated carbocycles. The lowest BCUT2D eigenvalue weighted by atomic mass is 10.3. The van der Waals surface area contributed by atoms with E-state index in [1.165, 1.54) is 12.1 Å². The van der Waals surface area contributed by atoms with Crippen LogP contribution in [-0.2, 0) is 11.3 Å². The fraction of sp³-hybridized carbons (Fsp3) is 0.278. The van der Waals surface area contributed by atoms with Crippen molar-refractivity contribution < 1.29 is 9.18 Å². The van der Waals surface area contributed by atoms with Crippen LogP contribution >= 0.6 is 0 Å². The Hall–Kier alpha value is -2.96. The van der Waals surface area contributed by atoms with E-state index in [0.717, 1.165) is 11.6 Å². The number of halogens is 1. The number of aromatic nitrogens is 4. The number of anilines is 1. The molecule has 1 N–H and O–H groups in total. The van der Waals surface area contributed by atoms with Crippen LogP contribution in [0.1, 0.15) is 26.3 Å². The molecule has 0 aliphatic heterocycles. The summed E-state index contributed by atoms with van der Waals surface area (Å²) in [7, 11) is 0. The molecule has 2 aromatic heterocycles. The number of amides is 1. The Kier molecular flexibility index (Phi) is 4.92. The van der Waals surface area contributed by atoms with Gasteiger partial charge < -0.3 is 14.5 Å². The molecule has 0 bridgehead atoms. The van der Waals surface area contributed by atoms with Crippen LogP contribution < -0.4 is 5.32 Å². The summed E-state index contributed by atoms with van der Waals surface area (Å²) in [6.45, 7) is 4.61. The van der Waals surface area contributed by atoms with Gasteiger partial charge in [-0.15, -0.1) is 0 Å². The molecule has 0 saturated heterocycles. The molecule has 0 radical (unpaired) electrons. The van der Waals surface area contributed by atoms with E-state index in [2.05, 4.69) is 29.1 Å². The van der Waals surface area contributed by atoms with Gasteiger partial charge in [0, 0.05) is 49.5 Å². The second-order valence-electron chi connectivity index (χ2n) is 6.00. The summed E-state index contributed by atoms with van der Waals surface area (Å²) in [6.07, 6.45) is 7.42. The highest BCUT2D eigenvalue weighted by Gasteiger charge is 2.14. The third-order valence-corrected chi connectivity index (χ3v) is 3.83. The number of carbonyl (C=O) groups excluding carboxylic acids is 1. The lowest BCUT2D eigenvalue weighted by molar-refractivity contribution is -0.116. The molecule has 3 rings (SSSR count). The lowest BCUT2D eigenvalue weighted by Gasteiger charge is -2.13. The van der Waals surface area contributed by atoms with E-state index >= 15 is 0 Å². The summed E-state index contributed by atoms with van der Waals surface area (Å²) in [4.78, 5) is 20.9. The Morgan fingerprint density at radius 3 is 2.72 bits per heavy atom. The highest BCUT2D eigenvalue weighted by atomic mass is 19.1. The van der Waals surface area contributed by atoms with Crippen LogP contribution in [0.3, 0.4) is 0 Å². The maximum atomic E-state index is 13.2. The van der Waals surface area contributed by atoms with E-state index in [-0.39, 0.29) is 24.2 Å². The highest BCUT2D eigenvalue weighted by molar-refractivity contribution is 5.90. The first kappa shape index (κ1) is 16.9. The third kappa shape index (κ3) is 3.93. The number of aryl methyl sites for hydroxylation is 1. The lowest BCUT2D eigenvalue weighted by Crippen LogP contribution is -2.15. The van der Waals surface area contributed by atoms with Gasteiger partial charge in [-0.2, -0.15) is 0 Å². The number of rotatable bonds is 6. The average Bonchev–Trinajstić information content (AvgIpc) is 3.21. The van der Waals surface area contributed by atoms with Crippen molar-refractivity contribution >= 4 is 11.6 Å². The molecular weight excluding hydrogens is 321 g/mol. The molecule has 1 amide bonds. The van der Waals surface area contributed by atoms with E-state index < -0.39 is 0 Å². The number of hydrogen-bond acceptors (Lipinski definition) is 3. The molecule has 1 aromatic carbocycles. The van der Waals surface area contributed by atoms with Crippen molar-refractivity contribution in [3.63, 3.8) is 0 Å². The smallest absolute Gasteiger partial charge is 0.226 e. The zero-order valence-electron chi connectivity index (χ0n) is 14.2. The summed E-state index contributed by atoms with van der Waals surface area (Å²) < 4.78 is 17.1. The van der Waals surface area contributed by atoms with Crippen LogP contribution in [0.5, 0.6) is 0 Å². The Balaban J connectivity index is 1.67. The minimum Gasteiger partial charge on any atom is -0.328 e. The topological polar surface area (TPSA) is 64.7 Å². The van der Waals surface area contributed by atoms with Gasteiger partial charge in [0.05, 0.1) is 0 Å². The summed E-state index contributed by atoms with van der Waals surface area (Å²) in [6, 6.07) is 6.11. The highest BCUT2D eigenvalue weighted by Crippen LogP contribution is 2.20. The molecule has 0 unspecified atom stereocenters.